The molecule has 0 aliphatic rings. The molecule has 1 amide bonds. The Morgan fingerprint density at radius 3 is 2.95 bits per heavy atom. The molecule has 1 heterocycles. The van der Waals surface area contributed by atoms with E-state index in [2.05, 4.69) is 10.3 Å². The van der Waals surface area contributed by atoms with Crippen molar-refractivity contribution in [3.8, 4) is 0 Å². The van der Waals surface area contributed by atoms with Crippen molar-refractivity contribution in [1.82, 2.24) is 4.98 Å². The molecule has 0 aliphatic carbocycles. The average Bonchev–Trinajstić information content (AvgIpc) is 2.76. The van der Waals surface area contributed by atoms with Crippen LogP contribution in [0.25, 0.3) is 0 Å². The second kappa shape index (κ2) is 6.10. The fraction of sp³-hybridized carbons (Fsp3) is 0.167. The smallest absolute Gasteiger partial charge is 0.275 e. The lowest BCUT2D eigenvalue weighted by atomic mass is 10.3. The monoisotopic (exact) mass is 299 g/mol. The predicted octanol–water partition coefficient (Wildman–Crippen LogP) is 2.69. The quantitative estimate of drug-likeness (QED) is 0.912. The second-order valence-corrected chi connectivity index (χ2v) is 5.16. The lowest BCUT2D eigenvalue weighted by Crippen LogP contribution is -2.13. The van der Waals surface area contributed by atoms with E-state index in [1.165, 1.54) is 29.5 Å². The van der Waals surface area contributed by atoms with E-state index in [0.717, 1.165) is 5.01 Å². The molecule has 1 aromatic carbocycles. The summed E-state index contributed by atoms with van der Waals surface area (Å²) in [6.45, 7) is 0.480. The van der Waals surface area contributed by atoms with E-state index in [1.54, 1.807) is 5.38 Å². The number of hydrogen-bond donors (Lipinski definition) is 2. The Labute approximate surface area is 118 Å². The van der Waals surface area contributed by atoms with Gasteiger partial charge in [0, 0.05) is 22.5 Å². The molecule has 0 fully saturated rings. The normalized spacial score (nSPS) is 10.5. The summed E-state index contributed by atoms with van der Waals surface area (Å²) in [4.78, 5) is 16.0. The molecule has 3 N–H and O–H groups in total. The number of aromatic nitrogens is 1. The van der Waals surface area contributed by atoms with Crippen LogP contribution in [0.4, 0.5) is 10.1 Å². The van der Waals surface area contributed by atoms with Gasteiger partial charge in [0.2, 0.25) is 0 Å². The Balaban J connectivity index is 2.11. The minimum atomic E-state index is -0.509. The van der Waals surface area contributed by atoms with E-state index in [0.29, 0.717) is 18.7 Å². The van der Waals surface area contributed by atoms with Crippen LogP contribution in [0, 0.1) is 5.82 Å². The number of amides is 1. The molecule has 2 aromatic rings. The number of hydrogen-bond acceptors (Lipinski definition) is 4. The van der Waals surface area contributed by atoms with Gasteiger partial charge in [-0.1, -0.05) is 11.6 Å². The predicted molar refractivity (Wildman–Crippen MR) is 74.2 cm³/mol. The summed E-state index contributed by atoms with van der Waals surface area (Å²) in [5.41, 5.74) is 5.99. The largest absolute Gasteiger partial charge is 0.330 e. The number of nitrogens with zero attached hydrogens (tertiary/aromatic N) is 1. The highest BCUT2D eigenvalue weighted by atomic mass is 35.5. The molecule has 1 aromatic heterocycles. The van der Waals surface area contributed by atoms with Gasteiger partial charge >= 0.3 is 0 Å². The summed E-state index contributed by atoms with van der Waals surface area (Å²) >= 11 is 7.07. The summed E-state index contributed by atoms with van der Waals surface area (Å²) in [5, 5.41) is 5.20. The highest BCUT2D eigenvalue weighted by molar-refractivity contribution is 7.09. The molecular weight excluding hydrogens is 289 g/mol. The molecule has 7 heteroatoms. The second-order valence-electron chi connectivity index (χ2n) is 3.78. The molecule has 0 radical (unpaired) electrons. The molecule has 0 bridgehead atoms. The minimum Gasteiger partial charge on any atom is -0.330 e. The van der Waals surface area contributed by atoms with Gasteiger partial charge in [-0.2, -0.15) is 0 Å². The van der Waals surface area contributed by atoms with Gasteiger partial charge in [0.25, 0.3) is 5.91 Å². The first-order chi connectivity index (χ1) is 9.08. The van der Waals surface area contributed by atoms with Gasteiger partial charge in [0.15, 0.2) is 0 Å². The van der Waals surface area contributed by atoms with Crippen molar-refractivity contribution in [3.63, 3.8) is 0 Å². The maximum atomic E-state index is 13.1. The van der Waals surface area contributed by atoms with Crippen molar-refractivity contribution in [3.05, 3.63) is 45.1 Å². The van der Waals surface area contributed by atoms with Gasteiger partial charge in [0.1, 0.15) is 11.5 Å². The minimum absolute atomic E-state index is 0.220. The molecule has 0 saturated carbocycles. The maximum Gasteiger partial charge on any atom is 0.275 e. The number of halogens is 2. The standard InChI is InChI=1S/C12H11ClFN3OS/c13-7-3-8(14)5-9(4-7)16-12(18)10-6-19-11(17-10)1-2-15/h3-6H,1-2,15H2,(H,16,18). The first-order valence-corrected chi connectivity index (χ1v) is 6.76. The Bertz CT molecular complexity index is 582. The highest BCUT2D eigenvalue weighted by Crippen LogP contribution is 2.19. The summed E-state index contributed by atoms with van der Waals surface area (Å²) < 4.78 is 13.1. The van der Waals surface area contributed by atoms with Crippen LogP contribution in [0.3, 0.4) is 0 Å². The molecule has 4 nitrogen and oxygen atoms in total. The Morgan fingerprint density at radius 1 is 1.47 bits per heavy atom. The molecule has 100 valence electrons. The first-order valence-electron chi connectivity index (χ1n) is 5.50. The average molecular weight is 300 g/mol. The third kappa shape index (κ3) is 3.73. The van der Waals surface area contributed by atoms with Gasteiger partial charge in [0.05, 0.1) is 5.01 Å². The highest BCUT2D eigenvalue weighted by Gasteiger charge is 2.11. The van der Waals surface area contributed by atoms with Crippen LogP contribution in [0.2, 0.25) is 5.02 Å². The van der Waals surface area contributed by atoms with E-state index in [1.807, 2.05) is 0 Å². The molecule has 19 heavy (non-hydrogen) atoms. The van der Waals surface area contributed by atoms with Crippen molar-refractivity contribution in [2.45, 2.75) is 6.42 Å². The van der Waals surface area contributed by atoms with Crippen LogP contribution in [0.5, 0.6) is 0 Å². The number of nitrogens with two attached hydrogens (primary N) is 1. The van der Waals surface area contributed by atoms with Gasteiger partial charge < -0.3 is 11.1 Å². The van der Waals surface area contributed by atoms with Crippen LogP contribution in [0.1, 0.15) is 15.5 Å². The summed E-state index contributed by atoms with van der Waals surface area (Å²) in [6, 6.07) is 3.83. The zero-order valence-corrected chi connectivity index (χ0v) is 11.4. The van der Waals surface area contributed by atoms with E-state index < -0.39 is 11.7 Å². The maximum absolute atomic E-state index is 13.1. The third-order valence-corrected chi connectivity index (χ3v) is 3.39. The van der Waals surface area contributed by atoms with Crippen LogP contribution in [0.15, 0.2) is 23.6 Å². The fourth-order valence-electron chi connectivity index (χ4n) is 1.47. The molecule has 0 saturated heterocycles. The molecule has 2 rings (SSSR count). The van der Waals surface area contributed by atoms with Crippen molar-refractivity contribution in [2.75, 3.05) is 11.9 Å². The molecule has 0 aliphatic heterocycles. The van der Waals surface area contributed by atoms with Crippen LogP contribution in [-0.2, 0) is 6.42 Å². The van der Waals surface area contributed by atoms with Crippen molar-refractivity contribution >= 4 is 34.5 Å². The zero-order chi connectivity index (χ0) is 13.8. The summed E-state index contributed by atoms with van der Waals surface area (Å²) in [5.74, 6) is -0.911. The summed E-state index contributed by atoms with van der Waals surface area (Å²) in [6.07, 6.45) is 0.629. The number of carbonyl (C=O) groups excluding carboxylic acids is 1. The number of rotatable bonds is 4. The van der Waals surface area contributed by atoms with E-state index in [-0.39, 0.29) is 10.7 Å². The molecule has 0 atom stereocenters. The van der Waals surface area contributed by atoms with Crippen LogP contribution >= 0.6 is 22.9 Å². The number of thiazole rings is 1. The molecule has 0 unspecified atom stereocenters. The van der Waals surface area contributed by atoms with Gasteiger partial charge in [-0.25, -0.2) is 9.37 Å². The Hall–Kier alpha value is -1.50. The number of benzene rings is 1. The van der Waals surface area contributed by atoms with E-state index in [9.17, 15) is 9.18 Å². The third-order valence-electron chi connectivity index (χ3n) is 2.26. The number of anilines is 1. The van der Waals surface area contributed by atoms with Crippen molar-refractivity contribution < 1.29 is 9.18 Å². The molecule has 0 spiro atoms. The van der Waals surface area contributed by atoms with Crippen LogP contribution in [-0.4, -0.2) is 17.4 Å². The zero-order valence-electron chi connectivity index (χ0n) is 9.82. The molecular formula is C12H11ClFN3OS. The topological polar surface area (TPSA) is 68.0 Å². The lowest BCUT2D eigenvalue weighted by Gasteiger charge is -2.03. The Kier molecular flexibility index (Phi) is 4.47. The van der Waals surface area contributed by atoms with Gasteiger partial charge in [-0.05, 0) is 24.7 Å². The Morgan fingerprint density at radius 2 is 2.26 bits per heavy atom. The number of nitrogens with one attached hydrogen (secondary N) is 1. The number of carbonyl (C=O) groups is 1. The SMILES string of the molecule is NCCc1nc(C(=O)Nc2cc(F)cc(Cl)c2)cs1. The van der Waals surface area contributed by atoms with Crippen LogP contribution < -0.4 is 11.1 Å². The van der Waals surface area contributed by atoms with E-state index >= 15 is 0 Å². The first kappa shape index (κ1) is 13.9. The van der Waals surface area contributed by atoms with E-state index in [4.69, 9.17) is 17.3 Å². The van der Waals surface area contributed by atoms with Crippen molar-refractivity contribution in [2.24, 2.45) is 5.73 Å². The fourth-order valence-corrected chi connectivity index (χ4v) is 2.49. The van der Waals surface area contributed by atoms with Gasteiger partial charge in [-0.3, -0.25) is 4.79 Å². The van der Waals surface area contributed by atoms with Gasteiger partial charge in [-0.15, -0.1) is 11.3 Å². The lowest BCUT2D eigenvalue weighted by molar-refractivity contribution is 0.102. The summed E-state index contributed by atoms with van der Waals surface area (Å²) in [7, 11) is 0. The van der Waals surface area contributed by atoms with Crippen molar-refractivity contribution in [1.29, 1.82) is 0 Å².